The lowest BCUT2D eigenvalue weighted by molar-refractivity contribution is 0.101. The largest absolute Gasteiger partial charge is 0.493 e. The summed E-state index contributed by atoms with van der Waals surface area (Å²) in [6, 6.07) is 15.1. The van der Waals surface area contributed by atoms with E-state index in [-0.39, 0.29) is 12.4 Å². The van der Waals surface area contributed by atoms with Gasteiger partial charge in [-0.05, 0) is 44.2 Å². The number of fused-ring (bicyclic) bond motifs is 1. The maximum absolute atomic E-state index is 11.7. The standard InChI is InChI=1S/C22H20N4O3/c1-3-28-20-10-9-16(15(2)27)11-17(20)13-29-22-19-12-25-26(21(19)23-14-24-22)18-7-5-4-6-8-18/h4-12,14H,3,13H2,1-2H3. The molecule has 7 nitrogen and oxygen atoms in total. The first-order valence-electron chi connectivity index (χ1n) is 9.31. The number of carbonyl (C=O) groups is 1. The molecule has 0 amide bonds. The van der Waals surface area contributed by atoms with Crippen molar-refractivity contribution in [1.29, 1.82) is 0 Å². The zero-order chi connectivity index (χ0) is 20.2. The normalized spacial score (nSPS) is 10.8. The highest BCUT2D eigenvalue weighted by Gasteiger charge is 2.14. The predicted molar refractivity (Wildman–Crippen MR) is 109 cm³/mol. The molecular formula is C22H20N4O3. The van der Waals surface area contributed by atoms with E-state index in [0.29, 0.717) is 34.8 Å². The summed E-state index contributed by atoms with van der Waals surface area (Å²) in [6.45, 7) is 4.18. The monoisotopic (exact) mass is 388 g/mol. The molecule has 146 valence electrons. The Morgan fingerprint density at radius 3 is 2.66 bits per heavy atom. The van der Waals surface area contributed by atoms with Gasteiger partial charge in [0.25, 0.3) is 0 Å². The van der Waals surface area contributed by atoms with Gasteiger partial charge in [-0.15, -0.1) is 0 Å². The number of carbonyl (C=O) groups excluding carboxylic acids is 1. The fourth-order valence-corrected chi connectivity index (χ4v) is 3.05. The third-order valence-corrected chi connectivity index (χ3v) is 4.46. The Morgan fingerprint density at radius 2 is 1.90 bits per heavy atom. The molecule has 0 spiro atoms. The number of Topliss-reactive ketones (excluding diaryl/α,β-unsaturated/α-hetero) is 1. The number of hydrogen-bond acceptors (Lipinski definition) is 6. The molecule has 4 aromatic rings. The number of aromatic nitrogens is 4. The number of benzene rings is 2. The van der Waals surface area contributed by atoms with E-state index in [4.69, 9.17) is 9.47 Å². The minimum absolute atomic E-state index is 0.0112. The van der Waals surface area contributed by atoms with Crippen molar-refractivity contribution in [2.24, 2.45) is 0 Å². The van der Waals surface area contributed by atoms with E-state index < -0.39 is 0 Å². The molecule has 2 aromatic heterocycles. The second kappa shape index (κ2) is 8.10. The molecule has 0 aliphatic rings. The Kier molecular flexibility index (Phi) is 5.20. The number of para-hydroxylation sites is 1. The van der Waals surface area contributed by atoms with Crippen LogP contribution in [0.3, 0.4) is 0 Å². The molecule has 0 atom stereocenters. The quantitative estimate of drug-likeness (QED) is 0.445. The molecule has 0 bridgehead atoms. The Morgan fingerprint density at radius 1 is 1.07 bits per heavy atom. The molecule has 4 rings (SSSR count). The van der Waals surface area contributed by atoms with E-state index in [1.165, 1.54) is 13.3 Å². The molecule has 2 heterocycles. The van der Waals surface area contributed by atoms with Gasteiger partial charge in [-0.2, -0.15) is 5.10 Å². The molecule has 0 aliphatic carbocycles. The Balaban J connectivity index is 1.65. The van der Waals surface area contributed by atoms with E-state index in [1.807, 2.05) is 37.3 Å². The van der Waals surface area contributed by atoms with Gasteiger partial charge in [0.15, 0.2) is 11.4 Å². The SMILES string of the molecule is CCOc1ccc(C(C)=O)cc1COc1ncnc2c1cnn2-c1ccccc1. The molecule has 0 aliphatic heterocycles. The van der Waals surface area contributed by atoms with Crippen molar-refractivity contribution in [2.45, 2.75) is 20.5 Å². The minimum Gasteiger partial charge on any atom is -0.493 e. The molecule has 29 heavy (non-hydrogen) atoms. The van der Waals surface area contributed by atoms with Crippen molar-refractivity contribution >= 4 is 16.8 Å². The van der Waals surface area contributed by atoms with Crippen molar-refractivity contribution in [3.05, 3.63) is 72.2 Å². The van der Waals surface area contributed by atoms with Gasteiger partial charge in [0.1, 0.15) is 24.1 Å². The van der Waals surface area contributed by atoms with Gasteiger partial charge in [0.05, 0.1) is 18.5 Å². The van der Waals surface area contributed by atoms with Crippen LogP contribution in [0.5, 0.6) is 11.6 Å². The molecule has 2 aromatic carbocycles. The van der Waals surface area contributed by atoms with Crippen LogP contribution in [0.25, 0.3) is 16.7 Å². The van der Waals surface area contributed by atoms with Crippen LogP contribution in [0, 0.1) is 0 Å². The van der Waals surface area contributed by atoms with E-state index in [0.717, 1.165) is 11.3 Å². The molecule has 0 N–H and O–H groups in total. The van der Waals surface area contributed by atoms with Crippen LogP contribution < -0.4 is 9.47 Å². The van der Waals surface area contributed by atoms with Crippen LogP contribution in [-0.2, 0) is 6.61 Å². The maximum Gasteiger partial charge on any atom is 0.228 e. The second-order valence-electron chi connectivity index (χ2n) is 6.41. The van der Waals surface area contributed by atoms with Crippen molar-refractivity contribution in [1.82, 2.24) is 19.7 Å². The minimum atomic E-state index is -0.0112. The fourth-order valence-electron chi connectivity index (χ4n) is 3.05. The first-order valence-corrected chi connectivity index (χ1v) is 9.31. The topological polar surface area (TPSA) is 79.1 Å². The van der Waals surface area contributed by atoms with Crippen LogP contribution in [0.2, 0.25) is 0 Å². The fraction of sp³-hybridized carbons (Fsp3) is 0.182. The molecule has 0 saturated carbocycles. The van der Waals surface area contributed by atoms with Gasteiger partial charge in [0.2, 0.25) is 5.88 Å². The average Bonchev–Trinajstić information content (AvgIpc) is 3.18. The smallest absolute Gasteiger partial charge is 0.228 e. The Labute approximate surface area is 167 Å². The van der Waals surface area contributed by atoms with Crippen molar-refractivity contribution in [2.75, 3.05) is 6.61 Å². The Bertz CT molecular complexity index is 1160. The number of nitrogens with zero attached hydrogens (tertiary/aromatic N) is 4. The summed E-state index contributed by atoms with van der Waals surface area (Å²) in [5, 5.41) is 5.14. The number of rotatable bonds is 7. The summed E-state index contributed by atoms with van der Waals surface area (Å²) in [4.78, 5) is 20.4. The molecule has 0 unspecified atom stereocenters. The van der Waals surface area contributed by atoms with Crippen LogP contribution in [0.15, 0.2) is 61.1 Å². The van der Waals surface area contributed by atoms with Gasteiger partial charge >= 0.3 is 0 Å². The highest BCUT2D eigenvalue weighted by atomic mass is 16.5. The molecule has 7 heteroatoms. The van der Waals surface area contributed by atoms with Crippen molar-refractivity contribution in [3.8, 4) is 17.3 Å². The summed E-state index contributed by atoms with van der Waals surface area (Å²) in [6.07, 6.45) is 3.14. The van der Waals surface area contributed by atoms with Gasteiger partial charge < -0.3 is 9.47 Å². The zero-order valence-corrected chi connectivity index (χ0v) is 16.2. The lowest BCUT2D eigenvalue weighted by Gasteiger charge is -2.12. The highest BCUT2D eigenvalue weighted by molar-refractivity contribution is 5.94. The second-order valence-corrected chi connectivity index (χ2v) is 6.41. The zero-order valence-electron chi connectivity index (χ0n) is 16.2. The summed E-state index contributed by atoms with van der Waals surface area (Å²) in [5.74, 6) is 1.10. The third kappa shape index (κ3) is 3.80. The highest BCUT2D eigenvalue weighted by Crippen LogP contribution is 2.26. The van der Waals surface area contributed by atoms with E-state index >= 15 is 0 Å². The van der Waals surface area contributed by atoms with Gasteiger partial charge in [-0.25, -0.2) is 14.6 Å². The van der Waals surface area contributed by atoms with Crippen LogP contribution in [0.1, 0.15) is 29.8 Å². The molecule has 0 saturated heterocycles. The van der Waals surface area contributed by atoms with E-state index in [2.05, 4.69) is 15.1 Å². The van der Waals surface area contributed by atoms with Crippen LogP contribution in [0.4, 0.5) is 0 Å². The summed E-state index contributed by atoms with van der Waals surface area (Å²) < 4.78 is 13.4. The number of ketones is 1. The van der Waals surface area contributed by atoms with Crippen LogP contribution in [-0.4, -0.2) is 32.1 Å². The number of ether oxygens (including phenoxy) is 2. The maximum atomic E-state index is 11.7. The lowest BCUT2D eigenvalue weighted by atomic mass is 10.1. The molecular weight excluding hydrogens is 368 g/mol. The van der Waals surface area contributed by atoms with Crippen molar-refractivity contribution < 1.29 is 14.3 Å². The molecule has 0 radical (unpaired) electrons. The lowest BCUT2D eigenvalue weighted by Crippen LogP contribution is -2.05. The van der Waals surface area contributed by atoms with Gasteiger partial charge in [0, 0.05) is 11.1 Å². The summed E-state index contributed by atoms with van der Waals surface area (Å²) in [7, 11) is 0. The van der Waals surface area contributed by atoms with Crippen LogP contribution >= 0.6 is 0 Å². The molecule has 0 fully saturated rings. The number of hydrogen-bond donors (Lipinski definition) is 0. The van der Waals surface area contributed by atoms with Gasteiger partial charge in [-0.1, -0.05) is 18.2 Å². The summed E-state index contributed by atoms with van der Waals surface area (Å²) in [5.41, 5.74) is 2.95. The third-order valence-electron chi connectivity index (χ3n) is 4.46. The average molecular weight is 388 g/mol. The van der Waals surface area contributed by atoms with Crippen molar-refractivity contribution in [3.63, 3.8) is 0 Å². The Hall–Kier alpha value is -3.74. The van der Waals surface area contributed by atoms with E-state index in [1.54, 1.807) is 29.1 Å². The summed E-state index contributed by atoms with van der Waals surface area (Å²) >= 11 is 0. The predicted octanol–water partition coefficient (Wildman–Crippen LogP) is 4.00. The van der Waals surface area contributed by atoms with Gasteiger partial charge in [-0.3, -0.25) is 4.79 Å². The van der Waals surface area contributed by atoms with E-state index in [9.17, 15) is 4.79 Å². The first-order chi connectivity index (χ1) is 14.2. The first kappa shape index (κ1) is 18.6.